The molecule has 172 valence electrons. The molecule has 0 spiro atoms. The molecule has 2 aliphatic carbocycles. The lowest BCUT2D eigenvalue weighted by Crippen LogP contribution is -2.35. The minimum Gasteiger partial charge on any atom is -0.493 e. The second-order valence-electron chi connectivity index (χ2n) is 8.54. The van der Waals surface area contributed by atoms with E-state index in [1.165, 1.54) is 0 Å². The lowest BCUT2D eigenvalue weighted by Gasteiger charge is -2.34. The summed E-state index contributed by atoms with van der Waals surface area (Å²) in [4.78, 5) is 26.5. The predicted molar refractivity (Wildman–Crippen MR) is 119 cm³/mol. The van der Waals surface area contributed by atoms with Crippen LogP contribution in [0, 0.1) is 0 Å². The van der Waals surface area contributed by atoms with E-state index in [9.17, 15) is 9.59 Å². The van der Waals surface area contributed by atoms with Gasteiger partial charge in [0.1, 0.15) is 6.10 Å². The van der Waals surface area contributed by atoms with E-state index in [0.717, 1.165) is 55.5 Å². The van der Waals surface area contributed by atoms with Gasteiger partial charge in [-0.1, -0.05) is 0 Å². The average molecular weight is 442 g/mol. The van der Waals surface area contributed by atoms with E-state index >= 15 is 0 Å². The summed E-state index contributed by atoms with van der Waals surface area (Å²) in [6.45, 7) is 1.87. The van der Waals surface area contributed by atoms with Crippen LogP contribution in [0.4, 0.5) is 0 Å². The minimum absolute atomic E-state index is 0.0520. The Morgan fingerprint density at radius 2 is 1.62 bits per heavy atom. The molecule has 1 aromatic rings. The van der Waals surface area contributed by atoms with E-state index in [-0.39, 0.29) is 17.9 Å². The molecule has 1 saturated carbocycles. The van der Waals surface area contributed by atoms with Crippen molar-refractivity contribution in [3.63, 3.8) is 0 Å². The van der Waals surface area contributed by atoms with Gasteiger partial charge in [-0.25, -0.2) is 4.79 Å². The van der Waals surface area contributed by atoms with Crippen molar-refractivity contribution in [1.82, 2.24) is 5.32 Å². The monoisotopic (exact) mass is 441 g/mol. The number of carbonyl (C=O) groups excluding carboxylic acids is 2. The molecule has 0 radical (unpaired) electrons. The van der Waals surface area contributed by atoms with Gasteiger partial charge in [0.15, 0.2) is 17.3 Å². The Bertz CT molecular complexity index is 961. The Morgan fingerprint density at radius 3 is 2.22 bits per heavy atom. The number of carbonyl (C=O) groups is 2. The van der Waals surface area contributed by atoms with E-state index < -0.39 is 5.92 Å². The van der Waals surface area contributed by atoms with E-state index in [4.69, 9.17) is 18.9 Å². The molecule has 0 unspecified atom stereocenters. The van der Waals surface area contributed by atoms with Crippen LogP contribution in [0.1, 0.15) is 63.4 Å². The fourth-order valence-corrected chi connectivity index (χ4v) is 5.08. The molecular formula is C25H31NO6. The summed E-state index contributed by atoms with van der Waals surface area (Å²) in [6, 6.07) is 3.64. The highest BCUT2D eigenvalue weighted by molar-refractivity contribution is 6.03. The third-order valence-corrected chi connectivity index (χ3v) is 6.59. The van der Waals surface area contributed by atoms with E-state index in [1.807, 2.05) is 19.1 Å². The van der Waals surface area contributed by atoms with Crippen molar-refractivity contribution in [1.29, 1.82) is 0 Å². The van der Waals surface area contributed by atoms with Crippen molar-refractivity contribution in [3.8, 4) is 17.2 Å². The number of ketones is 1. The number of esters is 1. The Balaban J connectivity index is 1.85. The van der Waals surface area contributed by atoms with E-state index in [2.05, 4.69) is 5.32 Å². The molecule has 7 nitrogen and oxygen atoms in total. The lowest BCUT2D eigenvalue weighted by atomic mass is 9.75. The molecule has 1 N–H and O–H groups in total. The second kappa shape index (κ2) is 9.27. The van der Waals surface area contributed by atoms with Crippen LogP contribution in [0.15, 0.2) is 34.7 Å². The first kappa shape index (κ1) is 22.2. The van der Waals surface area contributed by atoms with Crippen LogP contribution in [-0.4, -0.2) is 39.2 Å². The molecule has 7 heteroatoms. The van der Waals surface area contributed by atoms with Gasteiger partial charge in [0.2, 0.25) is 5.75 Å². The molecular weight excluding hydrogens is 410 g/mol. The first-order valence-electron chi connectivity index (χ1n) is 11.2. The van der Waals surface area contributed by atoms with Crippen molar-refractivity contribution >= 4 is 11.8 Å². The van der Waals surface area contributed by atoms with Gasteiger partial charge in [-0.3, -0.25) is 4.79 Å². The van der Waals surface area contributed by atoms with Gasteiger partial charge in [-0.2, -0.15) is 0 Å². The first-order chi connectivity index (χ1) is 15.5. The number of Topliss-reactive ketones (excluding diaryl/α,β-unsaturated/α-hetero) is 1. The van der Waals surface area contributed by atoms with Gasteiger partial charge in [0.05, 0.1) is 26.9 Å². The minimum atomic E-state index is -0.554. The van der Waals surface area contributed by atoms with Crippen LogP contribution in [0.5, 0.6) is 17.2 Å². The van der Waals surface area contributed by atoms with Crippen molar-refractivity contribution in [2.45, 2.75) is 63.9 Å². The highest BCUT2D eigenvalue weighted by Crippen LogP contribution is 2.47. The zero-order chi connectivity index (χ0) is 22.8. The number of hydrogen-bond acceptors (Lipinski definition) is 7. The van der Waals surface area contributed by atoms with E-state index in [1.54, 1.807) is 21.3 Å². The fraction of sp³-hybridized carbons (Fsp3) is 0.520. The third-order valence-electron chi connectivity index (χ3n) is 6.59. The highest BCUT2D eigenvalue weighted by atomic mass is 16.5. The molecule has 1 aliphatic heterocycles. The highest BCUT2D eigenvalue weighted by Gasteiger charge is 2.40. The normalized spacial score (nSPS) is 21.2. The average Bonchev–Trinajstić information content (AvgIpc) is 3.30. The molecule has 32 heavy (non-hydrogen) atoms. The van der Waals surface area contributed by atoms with Crippen LogP contribution in [0.25, 0.3) is 0 Å². The SMILES string of the molecule is COc1cc([C@H]2C(C(=O)OC3CCCC3)=C(C)NC3=C2C(=O)CCC3)cc(OC)c1OC. The predicted octanol–water partition coefficient (Wildman–Crippen LogP) is 4.17. The number of rotatable bonds is 6. The van der Waals surface area contributed by atoms with Gasteiger partial charge in [0, 0.05) is 29.3 Å². The zero-order valence-corrected chi connectivity index (χ0v) is 19.2. The van der Waals surface area contributed by atoms with Gasteiger partial charge in [-0.05, 0) is 63.1 Å². The molecule has 3 aliphatic rings. The van der Waals surface area contributed by atoms with Crippen LogP contribution in [-0.2, 0) is 14.3 Å². The maximum atomic E-state index is 13.4. The molecule has 0 amide bonds. The lowest BCUT2D eigenvalue weighted by molar-refractivity contribution is -0.144. The Morgan fingerprint density at radius 1 is 0.969 bits per heavy atom. The summed E-state index contributed by atoms with van der Waals surface area (Å²) in [5.74, 6) is 0.551. The molecule has 0 saturated heterocycles. The standard InChI is InChI=1S/C25H31NO6/c1-14-21(25(28)32-16-8-5-6-9-16)22(23-17(26-14)10-7-11-18(23)27)15-12-19(29-2)24(31-4)20(13-15)30-3/h12-13,16,22,26H,5-11H2,1-4H3/t22-/m0/s1. The van der Waals surface area contributed by atoms with Crippen LogP contribution < -0.4 is 19.5 Å². The number of ether oxygens (including phenoxy) is 4. The maximum absolute atomic E-state index is 13.4. The summed E-state index contributed by atoms with van der Waals surface area (Å²) in [7, 11) is 4.65. The number of allylic oxidation sites excluding steroid dienone is 3. The van der Waals surface area contributed by atoms with Crippen molar-refractivity contribution < 1.29 is 28.5 Å². The molecule has 1 atom stereocenters. The van der Waals surface area contributed by atoms with Crippen molar-refractivity contribution in [3.05, 3.63) is 40.2 Å². The first-order valence-corrected chi connectivity index (χ1v) is 11.2. The fourth-order valence-electron chi connectivity index (χ4n) is 5.08. The van der Waals surface area contributed by atoms with Gasteiger partial charge < -0.3 is 24.3 Å². The van der Waals surface area contributed by atoms with Crippen LogP contribution in [0.2, 0.25) is 0 Å². The Hall–Kier alpha value is -2.96. The molecule has 0 bridgehead atoms. The van der Waals surface area contributed by atoms with E-state index in [0.29, 0.717) is 34.8 Å². The molecule has 4 rings (SSSR count). The summed E-state index contributed by atoms with van der Waals surface area (Å²) in [6.07, 6.45) is 5.86. The van der Waals surface area contributed by atoms with Gasteiger partial charge in [0.25, 0.3) is 0 Å². The second-order valence-corrected chi connectivity index (χ2v) is 8.54. The quantitative estimate of drug-likeness (QED) is 0.664. The molecule has 1 fully saturated rings. The van der Waals surface area contributed by atoms with Crippen molar-refractivity contribution in [2.24, 2.45) is 0 Å². The third kappa shape index (κ3) is 3.96. The summed E-state index contributed by atoms with van der Waals surface area (Å²) in [5, 5.41) is 3.33. The zero-order valence-electron chi connectivity index (χ0n) is 19.2. The molecule has 1 heterocycles. The van der Waals surface area contributed by atoms with Gasteiger partial charge in [-0.15, -0.1) is 0 Å². The van der Waals surface area contributed by atoms with Crippen molar-refractivity contribution in [2.75, 3.05) is 21.3 Å². The maximum Gasteiger partial charge on any atom is 0.337 e. The number of nitrogens with one attached hydrogen (secondary N) is 1. The Labute approximate surface area is 188 Å². The largest absolute Gasteiger partial charge is 0.493 e. The molecule has 1 aromatic carbocycles. The summed E-state index contributed by atoms with van der Waals surface area (Å²) >= 11 is 0. The molecule has 0 aromatic heterocycles. The number of hydrogen-bond donors (Lipinski definition) is 1. The summed E-state index contributed by atoms with van der Waals surface area (Å²) in [5.41, 5.74) is 3.45. The topological polar surface area (TPSA) is 83.1 Å². The van der Waals surface area contributed by atoms with Crippen LogP contribution in [0.3, 0.4) is 0 Å². The number of methoxy groups -OCH3 is 3. The number of benzene rings is 1. The Kier molecular flexibility index (Phi) is 6.44. The number of dihydropyridines is 1. The smallest absolute Gasteiger partial charge is 0.337 e. The van der Waals surface area contributed by atoms with Crippen LogP contribution >= 0.6 is 0 Å². The van der Waals surface area contributed by atoms with Gasteiger partial charge >= 0.3 is 5.97 Å². The summed E-state index contributed by atoms with van der Waals surface area (Å²) < 4.78 is 22.5.